The van der Waals surface area contributed by atoms with Crippen molar-refractivity contribution in [3.8, 4) is 0 Å². The molecule has 1 heterocycles. The van der Waals surface area contributed by atoms with Crippen molar-refractivity contribution < 1.29 is 0 Å². The van der Waals surface area contributed by atoms with Gasteiger partial charge in [0, 0.05) is 44.8 Å². The fourth-order valence-electron chi connectivity index (χ4n) is 3.62. The smallest absolute Gasteiger partial charge is 0.191 e. The van der Waals surface area contributed by atoms with Crippen LogP contribution in [0.1, 0.15) is 52.9 Å². The van der Waals surface area contributed by atoms with E-state index in [1.54, 1.807) is 0 Å². The summed E-state index contributed by atoms with van der Waals surface area (Å²) in [5, 5.41) is 7.06. The van der Waals surface area contributed by atoms with Crippen LogP contribution in [0, 0.1) is 0 Å². The van der Waals surface area contributed by atoms with E-state index < -0.39 is 0 Å². The lowest BCUT2D eigenvalue weighted by molar-refractivity contribution is 0.109. The van der Waals surface area contributed by atoms with E-state index in [0.717, 1.165) is 19.0 Å². The first-order valence-corrected chi connectivity index (χ1v) is 9.74. The Bertz CT molecular complexity index is 349. The van der Waals surface area contributed by atoms with Crippen LogP contribution in [0.5, 0.6) is 0 Å². The number of rotatable bonds is 6. The maximum absolute atomic E-state index is 4.86. The Morgan fingerprint density at radius 3 is 2.33 bits per heavy atom. The number of likely N-dealkylation sites (N-methyl/N-ethyl adjacent to an activating group) is 1. The summed E-state index contributed by atoms with van der Waals surface area (Å²) in [5.41, 5.74) is 0. The Morgan fingerprint density at radius 1 is 1.08 bits per heavy atom. The summed E-state index contributed by atoms with van der Waals surface area (Å²) in [5.74, 6) is 1.01. The number of guanidine groups is 1. The first kappa shape index (κ1) is 22.0. The molecule has 0 radical (unpaired) electrons. The number of nitrogens with one attached hydrogen (secondary N) is 2. The first-order chi connectivity index (χ1) is 11.2. The van der Waals surface area contributed by atoms with E-state index in [-0.39, 0.29) is 24.0 Å². The van der Waals surface area contributed by atoms with Gasteiger partial charge in [0.1, 0.15) is 0 Å². The molecule has 1 aliphatic carbocycles. The van der Waals surface area contributed by atoms with Gasteiger partial charge in [-0.15, -0.1) is 24.0 Å². The quantitative estimate of drug-likeness (QED) is 0.370. The van der Waals surface area contributed by atoms with Crippen molar-refractivity contribution in [1.29, 1.82) is 0 Å². The van der Waals surface area contributed by atoms with Gasteiger partial charge < -0.3 is 15.5 Å². The van der Waals surface area contributed by atoms with Crippen LogP contribution >= 0.6 is 24.0 Å². The van der Waals surface area contributed by atoms with Gasteiger partial charge in [-0.05, 0) is 33.2 Å². The highest BCUT2D eigenvalue weighted by Gasteiger charge is 2.20. The summed E-state index contributed by atoms with van der Waals surface area (Å²) >= 11 is 0. The summed E-state index contributed by atoms with van der Waals surface area (Å²) in [7, 11) is 0. The number of hydrogen-bond donors (Lipinski definition) is 2. The Hall–Kier alpha value is -0.0800. The number of halogens is 1. The maximum atomic E-state index is 4.86. The molecular formula is C18H38IN5. The molecule has 0 aromatic rings. The van der Waals surface area contributed by atoms with Crippen LogP contribution in [0.4, 0.5) is 0 Å². The van der Waals surface area contributed by atoms with Gasteiger partial charge in [0.05, 0.1) is 6.54 Å². The zero-order valence-electron chi connectivity index (χ0n) is 15.9. The molecule has 2 fully saturated rings. The molecule has 1 atom stereocenters. The second-order valence-corrected chi connectivity index (χ2v) is 7.02. The zero-order valence-corrected chi connectivity index (χ0v) is 18.2. The summed E-state index contributed by atoms with van der Waals surface area (Å²) in [6.07, 6.45) is 6.69. The average molecular weight is 451 g/mol. The van der Waals surface area contributed by atoms with Crippen LogP contribution in [0.3, 0.4) is 0 Å². The fraction of sp³-hybridized carbons (Fsp3) is 0.944. The van der Waals surface area contributed by atoms with Crippen LogP contribution in [-0.4, -0.2) is 73.7 Å². The van der Waals surface area contributed by atoms with Crippen LogP contribution in [0.15, 0.2) is 4.99 Å². The largest absolute Gasteiger partial charge is 0.357 e. The minimum atomic E-state index is 0. The number of piperazine rings is 1. The SMILES string of the molecule is CCNC(=NCC(C)N1CCN(CC)CC1)NC1CCCCC1.I. The van der Waals surface area contributed by atoms with E-state index in [2.05, 4.69) is 41.2 Å². The molecule has 1 unspecified atom stereocenters. The Balaban J connectivity index is 0.00000288. The van der Waals surface area contributed by atoms with Gasteiger partial charge in [0.25, 0.3) is 0 Å². The Morgan fingerprint density at radius 2 is 1.75 bits per heavy atom. The summed E-state index contributed by atoms with van der Waals surface area (Å²) in [4.78, 5) is 9.97. The van der Waals surface area contributed by atoms with Crippen LogP contribution in [-0.2, 0) is 0 Å². The predicted octanol–water partition coefficient (Wildman–Crippen LogP) is 2.52. The minimum Gasteiger partial charge on any atom is -0.357 e. The molecule has 1 aliphatic heterocycles. The first-order valence-electron chi connectivity index (χ1n) is 9.74. The lowest BCUT2D eigenvalue weighted by Crippen LogP contribution is -2.50. The molecule has 2 rings (SSSR count). The van der Waals surface area contributed by atoms with Gasteiger partial charge in [-0.2, -0.15) is 0 Å². The zero-order chi connectivity index (χ0) is 16.5. The highest BCUT2D eigenvalue weighted by molar-refractivity contribution is 14.0. The molecule has 2 N–H and O–H groups in total. The molecule has 6 heteroatoms. The third-order valence-electron chi connectivity index (χ3n) is 5.28. The third kappa shape index (κ3) is 7.44. The van der Waals surface area contributed by atoms with E-state index in [9.17, 15) is 0 Å². The molecule has 0 spiro atoms. The monoisotopic (exact) mass is 451 g/mol. The van der Waals surface area contributed by atoms with Crippen LogP contribution in [0.2, 0.25) is 0 Å². The molecule has 1 saturated carbocycles. The van der Waals surface area contributed by atoms with Crippen molar-refractivity contribution in [3.63, 3.8) is 0 Å². The fourth-order valence-corrected chi connectivity index (χ4v) is 3.62. The standard InChI is InChI=1S/C18H37N5.HI/c1-4-19-18(21-17-9-7-6-8-10-17)20-15-16(3)23-13-11-22(5-2)12-14-23;/h16-17H,4-15H2,1-3H3,(H2,19,20,21);1H. The van der Waals surface area contributed by atoms with Crippen LogP contribution < -0.4 is 10.6 Å². The molecule has 24 heavy (non-hydrogen) atoms. The van der Waals surface area contributed by atoms with Gasteiger partial charge in [0.2, 0.25) is 0 Å². The number of hydrogen-bond acceptors (Lipinski definition) is 3. The summed E-state index contributed by atoms with van der Waals surface area (Å²) < 4.78 is 0. The molecule has 0 aromatic heterocycles. The molecule has 2 aliphatic rings. The minimum absolute atomic E-state index is 0. The Labute approximate surface area is 166 Å². The second kappa shape index (κ2) is 12.3. The normalized spacial score (nSPS) is 22.7. The van der Waals surface area contributed by atoms with Crippen molar-refractivity contribution in [2.75, 3.05) is 45.8 Å². The topological polar surface area (TPSA) is 42.9 Å². The van der Waals surface area contributed by atoms with Crippen molar-refractivity contribution in [2.45, 2.75) is 65.0 Å². The summed E-state index contributed by atoms with van der Waals surface area (Å²) in [6, 6.07) is 1.14. The van der Waals surface area contributed by atoms with Gasteiger partial charge >= 0.3 is 0 Å². The van der Waals surface area contributed by atoms with E-state index in [4.69, 9.17) is 4.99 Å². The van der Waals surface area contributed by atoms with E-state index in [0.29, 0.717) is 12.1 Å². The van der Waals surface area contributed by atoms with E-state index >= 15 is 0 Å². The van der Waals surface area contributed by atoms with Gasteiger partial charge in [-0.25, -0.2) is 0 Å². The average Bonchev–Trinajstić information content (AvgIpc) is 2.60. The third-order valence-corrected chi connectivity index (χ3v) is 5.28. The van der Waals surface area contributed by atoms with Crippen LogP contribution in [0.25, 0.3) is 0 Å². The molecule has 1 saturated heterocycles. The van der Waals surface area contributed by atoms with Crippen molar-refractivity contribution in [3.05, 3.63) is 0 Å². The lowest BCUT2D eigenvalue weighted by atomic mass is 9.96. The van der Waals surface area contributed by atoms with Crippen molar-refractivity contribution in [1.82, 2.24) is 20.4 Å². The van der Waals surface area contributed by atoms with E-state index in [1.165, 1.54) is 64.8 Å². The predicted molar refractivity (Wildman–Crippen MR) is 115 cm³/mol. The van der Waals surface area contributed by atoms with Crippen molar-refractivity contribution in [2.24, 2.45) is 4.99 Å². The lowest BCUT2D eigenvalue weighted by Gasteiger charge is -2.37. The maximum Gasteiger partial charge on any atom is 0.191 e. The molecule has 0 amide bonds. The van der Waals surface area contributed by atoms with Gasteiger partial charge in [-0.1, -0.05) is 26.2 Å². The number of aliphatic imine (C=N–C) groups is 1. The molecular weight excluding hydrogens is 413 g/mol. The van der Waals surface area contributed by atoms with Gasteiger partial charge in [-0.3, -0.25) is 9.89 Å². The highest BCUT2D eigenvalue weighted by Crippen LogP contribution is 2.17. The number of nitrogens with zero attached hydrogens (tertiary/aromatic N) is 3. The second-order valence-electron chi connectivity index (χ2n) is 7.02. The molecule has 5 nitrogen and oxygen atoms in total. The molecule has 0 bridgehead atoms. The Kier molecular flexibility index (Phi) is 11.3. The van der Waals surface area contributed by atoms with Crippen molar-refractivity contribution >= 4 is 29.9 Å². The van der Waals surface area contributed by atoms with Gasteiger partial charge in [0.15, 0.2) is 5.96 Å². The van der Waals surface area contributed by atoms with E-state index in [1.807, 2.05) is 0 Å². The molecule has 0 aromatic carbocycles. The summed E-state index contributed by atoms with van der Waals surface area (Å²) in [6.45, 7) is 14.5. The molecule has 142 valence electrons. The highest BCUT2D eigenvalue weighted by atomic mass is 127.